The quantitative estimate of drug-likeness (QED) is 0.420. The van der Waals surface area contributed by atoms with Crippen LogP contribution >= 0.6 is 0 Å². The molecule has 0 bridgehead atoms. The zero-order valence-corrected chi connectivity index (χ0v) is 23.5. The normalized spacial score (nSPS) is 13.7. The van der Waals surface area contributed by atoms with Gasteiger partial charge in [0.1, 0.15) is 0 Å². The van der Waals surface area contributed by atoms with Gasteiger partial charge in [-0.1, -0.05) is 36.4 Å². The van der Waals surface area contributed by atoms with Gasteiger partial charge in [0.25, 0.3) is 0 Å². The van der Waals surface area contributed by atoms with Gasteiger partial charge in [-0.25, -0.2) is 0 Å². The van der Waals surface area contributed by atoms with E-state index in [2.05, 4.69) is 10.6 Å². The summed E-state index contributed by atoms with van der Waals surface area (Å²) in [7, 11) is 6.39. The Morgan fingerprint density at radius 1 is 0.975 bits per heavy atom. The van der Waals surface area contributed by atoms with E-state index in [0.717, 1.165) is 22.3 Å². The summed E-state index contributed by atoms with van der Waals surface area (Å²) in [5, 5.41) is 6.01. The number of carbonyl (C=O) groups is 2. The third-order valence-corrected chi connectivity index (χ3v) is 7.03. The monoisotopic (exact) mass is 545 g/mol. The molecule has 40 heavy (non-hydrogen) atoms. The van der Waals surface area contributed by atoms with E-state index in [1.54, 1.807) is 39.3 Å². The minimum Gasteiger partial charge on any atom is -0.493 e. The van der Waals surface area contributed by atoms with Crippen LogP contribution in [0.2, 0.25) is 0 Å². The average molecular weight is 546 g/mol. The van der Waals surface area contributed by atoms with E-state index in [-0.39, 0.29) is 29.5 Å². The summed E-state index contributed by atoms with van der Waals surface area (Å²) in [4.78, 5) is 40.0. The maximum atomic E-state index is 13.4. The molecule has 9 nitrogen and oxygen atoms in total. The van der Waals surface area contributed by atoms with Crippen molar-refractivity contribution >= 4 is 17.5 Å². The lowest BCUT2D eigenvalue weighted by Gasteiger charge is -2.19. The summed E-state index contributed by atoms with van der Waals surface area (Å²) in [6.45, 7) is 1.87. The number of rotatable bonds is 9. The lowest BCUT2D eigenvalue weighted by molar-refractivity contribution is -0.128. The number of anilines is 1. The van der Waals surface area contributed by atoms with E-state index >= 15 is 0 Å². The maximum absolute atomic E-state index is 13.4. The third-order valence-electron chi connectivity index (χ3n) is 7.03. The third kappa shape index (κ3) is 6.03. The smallest absolute Gasteiger partial charge is 0.241 e. The van der Waals surface area contributed by atoms with Gasteiger partial charge in [0.15, 0.2) is 11.5 Å². The number of hydrogen-bond acceptors (Lipinski definition) is 7. The van der Waals surface area contributed by atoms with Gasteiger partial charge in [0.05, 0.1) is 39.6 Å². The highest BCUT2D eigenvalue weighted by molar-refractivity contribution is 5.84. The number of fused-ring (bicyclic) bond motifs is 3. The van der Waals surface area contributed by atoms with Gasteiger partial charge in [-0.2, -0.15) is 0 Å². The Kier molecular flexibility index (Phi) is 8.93. The fraction of sp³-hybridized carbons (Fsp3) is 0.323. The van der Waals surface area contributed by atoms with Gasteiger partial charge in [-0.05, 0) is 53.3 Å². The second-order valence-electron chi connectivity index (χ2n) is 9.68. The Bertz CT molecular complexity index is 1460. The lowest BCUT2D eigenvalue weighted by atomic mass is 9.95. The molecule has 1 aliphatic rings. The molecular formula is C31H35N3O6. The molecule has 0 radical (unpaired) electrons. The van der Waals surface area contributed by atoms with E-state index in [9.17, 15) is 14.4 Å². The highest BCUT2D eigenvalue weighted by Gasteiger charge is 2.29. The number of nitrogens with one attached hydrogen (secondary N) is 2. The van der Waals surface area contributed by atoms with Gasteiger partial charge in [-0.15, -0.1) is 0 Å². The zero-order chi connectivity index (χ0) is 28.8. The van der Waals surface area contributed by atoms with Gasteiger partial charge < -0.3 is 29.7 Å². The Morgan fingerprint density at radius 2 is 1.70 bits per heavy atom. The zero-order valence-electron chi connectivity index (χ0n) is 23.5. The van der Waals surface area contributed by atoms with Gasteiger partial charge in [-0.3, -0.25) is 14.4 Å². The topological polar surface area (TPSA) is 106 Å². The van der Waals surface area contributed by atoms with Crippen LogP contribution in [0.15, 0.2) is 59.4 Å². The van der Waals surface area contributed by atoms with E-state index in [1.807, 2.05) is 42.5 Å². The van der Waals surface area contributed by atoms with Crippen molar-refractivity contribution in [2.45, 2.75) is 32.4 Å². The van der Waals surface area contributed by atoms with Crippen LogP contribution in [-0.4, -0.2) is 51.6 Å². The molecule has 1 aliphatic carbocycles. The van der Waals surface area contributed by atoms with E-state index < -0.39 is 6.04 Å². The first-order valence-corrected chi connectivity index (χ1v) is 13.1. The average Bonchev–Trinajstić information content (AvgIpc) is 3.19. The summed E-state index contributed by atoms with van der Waals surface area (Å²) < 4.78 is 17.0. The molecule has 0 saturated heterocycles. The maximum Gasteiger partial charge on any atom is 0.241 e. The molecule has 0 aromatic heterocycles. The summed E-state index contributed by atoms with van der Waals surface area (Å²) >= 11 is 0. The van der Waals surface area contributed by atoms with Crippen molar-refractivity contribution in [3.63, 3.8) is 0 Å². The number of nitrogens with zero attached hydrogens (tertiary/aromatic N) is 1. The number of benzene rings is 2. The molecule has 0 heterocycles. The molecular weight excluding hydrogens is 510 g/mol. The Morgan fingerprint density at radius 3 is 2.35 bits per heavy atom. The molecule has 9 heteroatoms. The predicted octanol–water partition coefficient (Wildman–Crippen LogP) is 3.93. The van der Waals surface area contributed by atoms with Crippen LogP contribution < -0.4 is 30.3 Å². The lowest BCUT2D eigenvalue weighted by Crippen LogP contribution is -2.32. The van der Waals surface area contributed by atoms with Crippen LogP contribution in [0.25, 0.3) is 11.1 Å². The first kappa shape index (κ1) is 28.5. The van der Waals surface area contributed by atoms with Crippen LogP contribution in [0.5, 0.6) is 17.2 Å². The number of hydrogen-bond donors (Lipinski definition) is 2. The minimum absolute atomic E-state index is 0.0483. The van der Waals surface area contributed by atoms with E-state index in [4.69, 9.17) is 14.2 Å². The standard InChI is InChI=1S/C31H35N3O6/c1-19(35)33-24-13-11-21-15-27(38-3)30(39-4)31(40-5)29(21)22-12-14-25(26(36)16-23(22)24)32-17-28(37)34(2)18-20-9-7-6-8-10-20/h6-10,12,14-16,24H,11,13,17-18H2,1-5H3,(H,32,36)(H,33,35). The van der Waals surface area contributed by atoms with Gasteiger partial charge in [0.2, 0.25) is 23.0 Å². The van der Waals surface area contributed by atoms with Crippen molar-refractivity contribution in [1.29, 1.82) is 0 Å². The van der Waals surface area contributed by atoms with Crippen molar-refractivity contribution in [2.24, 2.45) is 0 Å². The van der Waals surface area contributed by atoms with Crippen molar-refractivity contribution in [3.05, 3.63) is 81.5 Å². The van der Waals surface area contributed by atoms with Crippen molar-refractivity contribution < 1.29 is 23.8 Å². The molecule has 1 unspecified atom stereocenters. The molecule has 3 aromatic carbocycles. The summed E-state index contributed by atoms with van der Waals surface area (Å²) in [5.41, 5.74) is 4.08. The molecule has 1 atom stereocenters. The highest BCUT2D eigenvalue weighted by atomic mass is 16.5. The molecule has 2 amide bonds. The fourth-order valence-electron chi connectivity index (χ4n) is 5.10. The first-order valence-electron chi connectivity index (χ1n) is 13.1. The van der Waals surface area contributed by atoms with E-state index in [0.29, 0.717) is 42.2 Å². The number of likely N-dealkylation sites (N-methyl/N-ethyl adjacent to an activating group) is 1. The van der Waals surface area contributed by atoms with Gasteiger partial charge >= 0.3 is 0 Å². The molecule has 0 saturated carbocycles. The number of carbonyl (C=O) groups excluding carboxylic acids is 2. The van der Waals surface area contributed by atoms with E-state index in [1.165, 1.54) is 13.0 Å². The largest absolute Gasteiger partial charge is 0.493 e. The SMILES string of the molecule is COc1cc2c(c(OC)c1OC)-c1ccc(NCC(=O)N(C)Cc3ccccc3)c(=O)cc1C(NC(C)=O)CC2. The molecule has 3 aromatic rings. The number of amides is 2. The second-order valence-corrected chi connectivity index (χ2v) is 9.68. The van der Waals surface area contributed by atoms with Crippen LogP contribution in [-0.2, 0) is 22.6 Å². The Balaban J connectivity index is 1.74. The molecule has 0 spiro atoms. The van der Waals surface area contributed by atoms with Crippen molar-refractivity contribution in [2.75, 3.05) is 40.2 Å². The van der Waals surface area contributed by atoms with Crippen molar-refractivity contribution in [3.8, 4) is 28.4 Å². The highest BCUT2D eigenvalue weighted by Crippen LogP contribution is 2.50. The predicted molar refractivity (Wildman–Crippen MR) is 154 cm³/mol. The first-order chi connectivity index (χ1) is 19.3. The van der Waals surface area contributed by atoms with Crippen LogP contribution in [0.3, 0.4) is 0 Å². The number of ether oxygens (including phenoxy) is 3. The second kappa shape index (κ2) is 12.5. The van der Waals surface area contributed by atoms with Crippen LogP contribution in [0.4, 0.5) is 5.69 Å². The minimum atomic E-state index is -0.409. The summed E-state index contributed by atoms with van der Waals surface area (Å²) in [5.74, 6) is 1.09. The molecule has 4 rings (SSSR count). The number of aryl methyl sites for hydroxylation is 1. The van der Waals surface area contributed by atoms with Crippen molar-refractivity contribution in [1.82, 2.24) is 10.2 Å². The summed E-state index contributed by atoms with van der Waals surface area (Å²) in [6.07, 6.45) is 1.17. The molecule has 0 aliphatic heterocycles. The summed E-state index contributed by atoms with van der Waals surface area (Å²) in [6, 6.07) is 16.2. The molecule has 0 fully saturated rings. The van der Waals surface area contributed by atoms with Crippen LogP contribution in [0.1, 0.15) is 36.1 Å². The molecule has 2 N–H and O–H groups in total. The fourth-order valence-corrected chi connectivity index (χ4v) is 5.10. The van der Waals surface area contributed by atoms with Crippen LogP contribution in [0, 0.1) is 0 Å². The number of methoxy groups -OCH3 is 3. The Hall–Kier alpha value is -4.53. The van der Waals surface area contributed by atoms with Gasteiger partial charge in [0, 0.05) is 26.1 Å². The Labute approximate surface area is 234 Å². The molecule has 210 valence electrons.